The summed E-state index contributed by atoms with van der Waals surface area (Å²) in [6, 6.07) is 9.41. The minimum absolute atomic E-state index is 0.149. The van der Waals surface area contributed by atoms with Crippen LogP contribution in [0.25, 0.3) is 5.52 Å². The summed E-state index contributed by atoms with van der Waals surface area (Å²) in [5, 5.41) is 14.5. The molecule has 1 atom stereocenters. The Kier molecular flexibility index (Phi) is 3.35. The van der Waals surface area contributed by atoms with Gasteiger partial charge in [0.25, 0.3) is 5.56 Å². The highest BCUT2D eigenvalue weighted by atomic mass is 16.3. The summed E-state index contributed by atoms with van der Waals surface area (Å²) in [7, 11) is 0. The lowest BCUT2D eigenvalue weighted by Crippen LogP contribution is -2.24. The van der Waals surface area contributed by atoms with Crippen LogP contribution >= 0.6 is 0 Å². The van der Waals surface area contributed by atoms with Gasteiger partial charge in [0.15, 0.2) is 0 Å². The van der Waals surface area contributed by atoms with E-state index in [1.165, 1.54) is 4.57 Å². The van der Waals surface area contributed by atoms with Crippen molar-refractivity contribution < 1.29 is 5.11 Å². The normalized spacial score (nSPS) is 12.7. The summed E-state index contributed by atoms with van der Waals surface area (Å²) in [5.74, 6) is 0. The molecule has 1 N–H and O–H groups in total. The van der Waals surface area contributed by atoms with Gasteiger partial charge in [-0.05, 0) is 25.5 Å². The fraction of sp³-hybridized carbons (Fsp3) is 0.250. The zero-order chi connectivity index (χ0) is 15.0. The molecule has 1 unspecified atom stereocenters. The minimum Gasteiger partial charge on any atom is -0.387 e. The Hall–Kier alpha value is -2.40. The molecule has 3 aromatic rings. The predicted octanol–water partition coefficient (Wildman–Crippen LogP) is 1.85. The maximum Gasteiger partial charge on any atom is 0.276 e. The number of aromatic nitrogens is 3. The Labute approximate surface area is 122 Å². The van der Waals surface area contributed by atoms with Gasteiger partial charge in [0, 0.05) is 12.4 Å². The molecule has 3 rings (SSSR count). The first kappa shape index (κ1) is 13.6. The molecule has 1 aromatic carbocycles. The van der Waals surface area contributed by atoms with E-state index < -0.39 is 6.10 Å². The van der Waals surface area contributed by atoms with Crippen molar-refractivity contribution in [2.45, 2.75) is 26.5 Å². The number of benzene rings is 1. The average molecular weight is 283 g/mol. The number of hydrogen-bond donors (Lipinski definition) is 1. The van der Waals surface area contributed by atoms with E-state index >= 15 is 0 Å². The molecule has 21 heavy (non-hydrogen) atoms. The zero-order valence-corrected chi connectivity index (χ0v) is 12.0. The van der Waals surface area contributed by atoms with Crippen molar-refractivity contribution >= 4 is 5.52 Å². The van der Waals surface area contributed by atoms with Gasteiger partial charge < -0.3 is 9.67 Å². The number of hydrogen-bond acceptors (Lipinski definition) is 3. The van der Waals surface area contributed by atoms with Gasteiger partial charge in [0.05, 0.1) is 18.3 Å². The molecule has 0 spiro atoms. The van der Waals surface area contributed by atoms with Crippen LogP contribution in [-0.4, -0.2) is 19.3 Å². The Morgan fingerprint density at radius 3 is 2.62 bits per heavy atom. The summed E-state index contributed by atoms with van der Waals surface area (Å²) in [6.07, 6.45) is 2.67. The first-order valence-electron chi connectivity index (χ1n) is 6.84. The van der Waals surface area contributed by atoms with Crippen molar-refractivity contribution in [3.63, 3.8) is 0 Å². The molecule has 5 heteroatoms. The highest BCUT2D eigenvalue weighted by Crippen LogP contribution is 2.15. The van der Waals surface area contributed by atoms with Crippen LogP contribution in [0.5, 0.6) is 0 Å². The summed E-state index contributed by atoms with van der Waals surface area (Å²) in [4.78, 5) is 12.4. The molecule has 0 aliphatic rings. The van der Waals surface area contributed by atoms with Gasteiger partial charge in [-0.2, -0.15) is 5.10 Å². The topological polar surface area (TPSA) is 59.5 Å². The molecule has 0 saturated heterocycles. The maximum atomic E-state index is 12.4. The molecular weight excluding hydrogens is 266 g/mol. The monoisotopic (exact) mass is 283 g/mol. The quantitative estimate of drug-likeness (QED) is 0.798. The smallest absolute Gasteiger partial charge is 0.276 e. The average Bonchev–Trinajstić information content (AvgIpc) is 2.84. The van der Waals surface area contributed by atoms with Crippen LogP contribution in [0.4, 0.5) is 0 Å². The number of rotatable bonds is 3. The van der Waals surface area contributed by atoms with E-state index in [1.54, 1.807) is 23.0 Å². The van der Waals surface area contributed by atoms with Crippen molar-refractivity contribution in [1.82, 2.24) is 14.2 Å². The SMILES string of the molecule is Cc1ccc(C(O)Cn2ccn3nc(C)cc3c2=O)cc1. The number of aliphatic hydroxyl groups is 1. The third-order valence-electron chi connectivity index (χ3n) is 3.56. The Bertz CT molecular complexity index is 831. The Morgan fingerprint density at radius 2 is 1.90 bits per heavy atom. The molecule has 0 fully saturated rings. The second kappa shape index (κ2) is 5.18. The van der Waals surface area contributed by atoms with Crippen LogP contribution in [0.3, 0.4) is 0 Å². The van der Waals surface area contributed by atoms with E-state index in [9.17, 15) is 9.90 Å². The van der Waals surface area contributed by atoms with E-state index in [-0.39, 0.29) is 12.1 Å². The van der Waals surface area contributed by atoms with E-state index in [1.807, 2.05) is 38.1 Å². The summed E-state index contributed by atoms with van der Waals surface area (Å²) < 4.78 is 3.08. The molecule has 0 aliphatic carbocycles. The van der Waals surface area contributed by atoms with Gasteiger partial charge in [-0.1, -0.05) is 29.8 Å². The first-order chi connectivity index (χ1) is 10.0. The molecule has 2 heterocycles. The third kappa shape index (κ3) is 2.60. The molecule has 0 radical (unpaired) electrons. The van der Waals surface area contributed by atoms with E-state index in [4.69, 9.17) is 0 Å². The first-order valence-corrected chi connectivity index (χ1v) is 6.84. The van der Waals surface area contributed by atoms with Crippen molar-refractivity contribution in [3.05, 3.63) is 69.9 Å². The second-order valence-corrected chi connectivity index (χ2v) is 5.30. The molecule has 0 amide bonds. The molecule has 2 aromatic heterocycles. The maximum absolute atomic E-state index is 12.4. The van der Waals surface area contributed by atoms with Crippen molar-refractivity contribution in [2.24, 2.45) is 0 Å². The van der Waals surface area contributed by atoms with Gasteiger partial charge in [-0.25, -0.2) is 4.52 Å². The Balaban J connectivity index is 1.92. The third-order valence-corrected chi connectivity index (χ3v) is 3.56. The fourth-order valence-electron chi connectivity index (χ4n) is 2.37. The van der Waals surface area contributed by atoms with Gasteiger partial charge in [-0.15, -0.1) is 0 Å². The lowest BCUT2D eigenvalue weighted by molar-refractivity contribution is 0.155. The molecule has 0 bridgehead atoms. The zero-order valence-electron chi connectivity index (χ0n) is 12.0. The van der Waals surface area contributed by atoms with Crippen LogP contribution in [0.1, 0.15) is 22.9 Å². The van der Waals surface area contributed by atoms with Crippen molar-refractivity contribution in [3.8, 4) is 0 Å². The predicted molar refractivity (Wildman–Crippen MR) is 80.3 cm³/mol. The number of aliphatic hydroxyl groups excluding tert-OH is 1. The van der Waals surface area contributed by atoms with Crippen molar-refractivity contribution in [2.75, 3.05) is 0 Å². The van der Waals surface area contributed by atoms with Crippen LogP contribution in [0, 0.1) is 13.8 Å². The summed E-state index contributed by atoms with van der Waals surface area (Å²) >= 11 is 0. The van der Waals surface area contributed by atoms with Gasteiger partial charge in [0.2, 0.25) is 0 Å². The Morgan fingerprint density at radius 1 is 1.19 bits per heavy atom. The molecular formula is C16H17N3O2. The van der Waals surface area contributed by atoms with E-state index in [0.29, 0.717) is 5.52 Å². The molecule has 108 valence electrons. The van der Waals surface area contributed by atoms with Crippen LogP contribution < -0.4 is 5.56 Å². The minimum atomic E-state index is -0.713. The number of fused-ring (bicyclic) bond motifs is 1. The lowest BCUT2D eigenvalue weighted by Gasteiger charge is -2.13. The van der Waals surface area contributed by atoms with Crippen molar-refractivity contribution in [1.29, 1.82) is 0 Å². The number of aryl methyl sites for hydroxylation is 2. The highest BCUT2D eigenvalue weighted by Gasteiger charge is 2.11. The van der Waals surface area contributed by atoms with Gasteiger partial charge in [-0.3, -0.25) is 4.79 Å². The summed E-state index contributed by atoms with van der Waals surface area (Å²) in [6.45, 7) is 4.07. The molecule has 0 saturated carbocycles. The van der Waals surface area contributed by atoms with Gasteiger partial charge >= 0.3 is 0 Å². The van der Waals surface area contributed by atoms with E-state index in [0.717, 1.165) is 16.8 Å². The van der Waals surface area contributed by atoms with Crippen LogP contribution in [-0.2, 0) is 6.54 Å². The second-order valence-electron chi connectivity index (χ2n) is 5.30. The van der Waals surface area contributed by atoms with Crippen LogP contribution in [0.2, 0.25) is 0 Å². The van der Waals surface area contributed by atoms with E-state index in [2.05, 4.69) is 5.10 Å². The molecule has 0 aliphatic heterocycles. The fourth-order valence-corrected chi connectivity index (χ4v) is 2.37. The number of nitrogens with zero attached hydrogens (tertiary/aromatic N) is 3. The van der Waals surface area contributed by atoms with Crippen LogP contribution in [0.15, 0.2) is 47.5 Å². The molecule has 5 nitrogen and oxygen atoms in total. The highest BCUT2D eigenvalue weighted by molar-refractivity contribution is 5.44. The lowest BCUT2D eigenvalue weighted by atomic mass is 10.1. The standard InChI is InChI=1S/C16H17N3O2/c1-11-3-5-13(6-4-11)15(20)10-18-7-8-19-14(16(18)21)9-12(2)17-19/h3-9,15,20H,10H2,1-2H3. The largest absolute Gasteiger partial charge is 0.387 e. The van der Waals surface area contributed by atoms with Gasteiger partial charge in [0.1, 0.15) is 5.52 Å². The summed E-state index contributed by atoms with van der Waals surface area (Å²) in [5.41, 5.74) is 3.11.